The average molecular weight is 282 g/mol. The quantitative estimate of drug-likeness (QED) is 0.748. The first-order valence-electron chi connectivity index (χ1n) is 7.61. The van der Waals surface area contributed by atoms with Crippen molar-refractivity contribution in [3.05, 3.63) is 0 Å². The maximum atomic E-state index is 12.4. The van der Waals surface area contributed by atoms with Gasteiger partial charge in [-0.3, -0.25) is 0 Å². The molecule has 0 aromatic carbocycles. The number of fused-ring (bicyclic) bond motifs is 1. The molecule has 2 fully saturated rings. The number of carbonyl (C=O) groups excluding carboxylic acids is 2. The number of likely N-dealkylation sites (N-methyl/N-ethyl adjacent to an activating group) is 2. The maximum Gasteiger partial charge on any atom is 0.323 e. The minimum atomic E-state index is -0.136. The molecule has 114 valence electrons. The molecule has 4 amide bonds. The first-order chi connectivity index (χ1) is 9.54. The third kappa shape index (κ3) is 2.21. The van der Waals surface area contributed by atoms with Gasteiger partial charge in [0.2, 0.25) is 0 Å². The predicted molar refractivity (Wildman–Crippen MR) is 77.1 cm³/mol. The summed E-state index contributed by atoms with van der Waals surface area (Å²) < 4.78 is 0. The molecule has 0 aliphatic carbocycles. The highest BCUT2D eigenvalue weighted by molar-refractivity contribution is 5.84. The van der Waals surface area contributed by atoms with Crippen LogP contribution in [0.15, 0.2) is 0 Å². The Bertz CT molecular complexity index is 351. The van der Waals surface area contributed by atoms with E-state index < -0.39 is 0 Å². The Labute approximate surface area is 121 Å². The lowest BCUT2D eigenvalue weighted by molar-refractivity contribution is 0.143. The van der Waals surface area contributed by atoms with Crippen molar-refractivity contribution in [1.82, 2.24) is 19.6 Å². The van der Waals surface area contributed by atoms with E-state index in [2.05, 4.69) is 13.8 Å². The van der Waals surface area contributed by atoms with Gasteiger partial charge < -0.3 is 19.6 Å². The number of hydrogen-bond donors (Lipinski definition) is 0. The smallest absolute Gasteiger partial charge is 0.303 e. The second-order valence-electron chi connectivity index (χ2n) is 5.71. The van der Waals surface area contributed by atoms with Crippen LogP contribution in [0.25, 0.3) is 0 Å². The van der Waals surface area contributed by atoms with Gasteiger partial charge in [0.1, 0.15) is 12.3 Å². The second kappa shape index (κ2) is 5.89. The summed E-state index contributed by atoms with van der Waals surface area (Å²) in [5, 5.41) is 0. The highest BCUT2D eigenvalue weighted by atomic mass is 16.2. The molecule has 0 spiro atoms. The van der Waals surface area contributed by atoms with Gasteiger partial charge in [0.25, 0.3) is 0 Å². The van der Waals surface area contributed by atoms with E-state index in [0.29, 0.717) is 0 Å². The summed E-state index contributed by atoms with van der Waals surface area (Å²) in [5.74, 6) is 0. The molecule has 0 aromatic rings. The standard InChI is InChI=1S/C14H26N4O2/c1-5-7-9-17-11-12(16(4)13(17)19)18(10-8-6-2)14(20)15(11)3/h11-12H,5-10H2,1-4H3/t11-,12-/m0/s1. The van der Waals surface area contributed by atoms with Crippen molar-refractivity contribution in [2.24, 2.45) is 0 Å². The number of amides is 4. The topological polar surface area (TPSA) is 47.1 Å². The normalized spacial score (nSPS) is 26.0. The molecule has 0 aromatic heterocycles. The highest BCUT2D eigenvalue weighted by Gasteiger charge is 2.56. The Balaban J connectivity index is 2.20. The van der Waals surface area contributed by atoms with Crippen molar-refractivity contribution < 1.29 is 9.59 Å². The van der Waals surface area contributed by atoms with E-state index in [4.69, 9.17) is 0 Å². The van der Waals surface area contributed by atoms with Gasteiger partial charge in [0, 0.05) is 27.2 Å². The fourth-order valence-electron chi connectivity index (χ4n) is 3.11. The Hall–Kier alpha value is -1.46. The summed E-state index contributed by atoms with van der Waals surface area (Å²) >= 11 is 0. The van der Waals surface area contributed by atoms with Gasteiger partial charge in [-0.25, -0.2) is 9.59 Å². The zero-order valence-electron chi connectivity index (χ0n) is 13.0. The van der Waals surface area contributed by atoms with Gasteiger partial charge in [0.05, 0.1) is 0 Å². The van der Waals surface area contributed by atoms with Crippen LogP contribution in [0.1, 0.15) is 39.5 Å². The number of nitrogens with zero attached hydrogens (tertiary/aromatic N) is 4. The van der Waals surface area contributed by atoms with E-state index in [1.807, 2.05) is 9.80 Å². The van der Waals surface area contributed by atoms with Crippen LogP contribution < -0.4 is 0 Å². The lowest BCUT2D eigenvalue weighted by atomic mass is 10.2. The van der Waals surface area contributed by atoms with Crippen molar-refractivity contribution in [3.63, 3.8) is 0 Å². The van der Waals surface area contributed by atoms with E-state index >= 15 is 0 Å². The van der Waals surface area contributed by atoms with Crippen LogP contribution in [0.4, 0.5) is 9.59 Å². The Morgan fingerprint density at radius 3 is 1.45 bits per heavy atom. The number of urea groups is 2. The molecule has 0 bridgehead atoms. The van der Waals surface area contributed by atoms with E-state index in [9.17, 15) is 9.59 Å². The van der Waals surface area contributed by atoms with Gasteiger partial charge >= 0.3 is 12.1 Å². The van der Waals surface area contributed by atoms with Crippen LogP contribution in [0.5, 0.6) is 0 Å². The Morgan fingerprint density at radius 1 is 0.800 bits per heavy atom. The summed E-state index contributed by atoms with van der Waals surface area (Å²) in [7, 11) is 3.61. The average Bonchev–Trinajstić information content (AvgIpc) is 2.82. The highest BCUT2D eigenvalue weighted by Crippen LogP contribution is 2.33. The van der Waals surface area contributed by atoms with Gasteiger partial charge in [-0.1, -0.05) is 26.7 Å². The zero-order chi connectivity index (χ0) is 14.9. The lowest BCUT2D eigenvalue weighted by Gasteiger charge is -2.26. The van der Waals surface area contributed by atoms with Gasteiger partial charge in [-0.2, -0.15) is 0 Å². The van der Waals surface area contributed by atoms with Crippen LogP contribution in [0.3, 0.4) is 0 Å². The molecule has 0 unspecified atom stereocenters. The molecule has 0 N–H and O–H groups in total. The number of rotatable bonds is 6. The molecular formula is C14H26N4O2. The lowest BCUT2D eigenvalue weighted by Crippen LogP contribution is -2.44. The van der Waals surface area contributed by atoms with Crippen LogP contribution >= 0.6 is 0 Å². The van der Waals surface area contributed by atoms with Crippen molar-refractivity contribution in [1.29, 1.82) is 0 Å². The van der Waals surface area contributed by atoms with E-state index in [1.165, 1.54) is 0 Å². The molecule has 2 rings (SSSR count). The number of hydrogen-bond acceptors (Lipinski definition) is 2. The fraction of sp³-hybridized carbons (Fsp3) is 0.857. The summed E-state index contributed by atoms with van der Waals surface area (Å²) in [6, 6.07) is 0.0728. The minimum absolute atomic E-state index is 0.0364. The summed E-state index contributed by atoms with van der Waals surface area (Å²) in [4.78, 5) is 31.9. The first kappa shape index (κ1) is 14.9. The Morgan fingerprint density at radius 2 is 1.15 bits per heavy atom. The molecule has 2 atom stereocenters. The molecule has 2 heterocycles. The van der Waals surface area contributed by atoms with Gasteiger partial charge in [0.15, 0.2) is 0 Å². The summed E-state index contributed by atoms with van der Waals surface area (Å²) in [5.41, 5.74) is 0. The van der Waals surface area contributed by atoms with E-state index in [-0.39, 0.29) is 24.4 Å². The first-order valence-corrected chi connectivity index (χ1v) is 7.61. The monoisotopic (exact) mass is 282 g/mol. The predicted octanol–water partition coefficient (Wildman–Crippen LogP) is 1.97. The molecular weight excluding hydrogens is 256 g/mol. The third-order valence-corrected chi connectivity index (χ3v) is 4.30. The molecule has 2 aliphatic heterocycles. The zero-order valence-corrected chi connectivity index (χ0v) is 13.0. The summed E-state index contributed by atoms with van der Waals surface area (Å²) in [6.45, 7) is 5.66. The fourth-order valence-corrected chi connectivity index (χ4v) is 3.11. The number of carbonyl (C=O) groups is 2. The largest absolute Gasteiger partial charge is 0.323 e. The van der Waals surface area contributed by atoms with Crippen molar-refractivity contribution in [3.8, 4) is 0 Å². The SMILES string of the molecule is CCCCN1C(=O)N(C)[C@@H]2[C@H]1N(C)C(=O)N2CCCC. The molecule has 6 nitrogen and oxygen atoms in total. The van der Waals surface area contributed by atoms with Crippen LogP contribution in [0.2, 0.25) is 0 Å². The van der Waals surface area contributed by atoms with Crippen LogP contribution in [-0.4, -0.2) is 71.2 Å². The molecule has 6 heteroatoms. The minimum Gasteiger partial charge on any atom is -0.303 e. The van der Waals surface area contributed by atoms with Gasteiger partial charge in [-0.05, 0) is 12.8 Å². The van der Waals surface area contributed by atoms with Gasteiger partial charge in [-0.15, -0.1) is 0 Å². The third-order valence-electron chi connectivity index (χ3n) is 4.30. The molecule has 0 radical (unpaired) electrons. The van der Waals surface area contributed by atoms with E-state index in [1.54, 1.807) is 23.9 Å². The molecule has 0 saturated carbocycles. The van der Waals surface area contributed by atoms with Crippen molar-refractivity contribution >= 4 is 12.1 Å². The Kier molecular flexibility index (Phi) is 4.40. The molecule has 20 heavy (non-hydrogen) atoms. The summed E-state index contributed by atoms with van der Waals surface area (Å²) in [6.07, 6.45) is 3.76. The molecule has 2 aliphatic rings. The van der Waals surface area contributed by atoms with Crippen molar-refractivity contribution in [2.75, 3.05) is 27.2 Å². The second-order valence-corrected chi connectivity index (χ2v) is 5.71. The van der Waals surface area contributed by atoms with Crippen LogP contribution in [0, 0.1) is 0 Å². The number of unbranched alkanes of at least 4 members (excludes halogenated alkanes) is 2. The van der Waals surface area contributed by atoms with Crippen LogP contribution in [-0.2, 0) is 0 Å². The maximum absolute atomic E-state index is 12.4. The molecule has 2 saturated heterocycles. The van der Waals surface area contributed by atoms with E-state index in [0.717, 1.165) is 38.8 Å². The van der Waals surface area contributed by atoms with Crippen molar-refractivity contribution in [2.45, 2.75) is 51.9 Å².